The Bertz CT molecular complexity index is 201. The summed E-state index contributed by atoms with van der Waals surface area (Å²) in [6.07, 6.45) is 1.70. The second-order valence-electron chi connectivity index (χ2n) is 2.33. The quantitative estimate of drug-likeness (QED) is 0.446. The lowest BCUT2D eigenvalue weighted by atomic mass is 10.1. The van der Waals surface area contributed by atoms with Crippen LogP contribution in [-0.4, -0.2) is 11.6 Å². The van der Waals surface area contributed by atoms with E-state index in [0.717, 1.165) is 0 Å². The van der Waals surface area contributed by atoms with E-state index >= 15 is 0 Å². The number of rotatable bonds is 0. The molecule has 2 heteroatoms. The SMILES string of the molecule is CC1=CC(C)C(=O)C1=O. The number of ketones is 2. The van der Waals surface area contributed by atoms with Gasteiger partial charge in [-0.3, -0.25) is 9.59 Å². The molecule has 0 radical (unpaired) electrons. The van der Waals surface area contributed by atoms with Gasteiger partial charge in [-0.15, -0.1) is 0 Å². The van der Waals surface area contributed by atoms with Crippen molar-refractivity contribution in [3.05, 3.63) is 11.6 Å². The van der Waals surface area contributed by atoms with Crippen LogP contribution in [0.4, 0.5) is 0 Å². The minimum atomic E-state index is -0.317. The number of carbonyl (C=O) groups is 2. The van der Waals surface area contributed by atoms with E-state index in [1.807, 2.05) is 0 Å². The van der Waals surface area contributed by atoms with Crippen molar-refractivity contribution >= 4 is 11.6 Å². The number of hydrogen-bond donors (Lipinski definition) is 0. The van der Waals surface area contributed by atoms with E-state index in [1.165, 1.54) is 0 Å². The molecule has 1 aliphatic rings. The smallest absolute Gasteiger partial charge is 0.224 e. The van der Waals surface area contributed by atoms with Crippen molar-refractivity contribution in [2.24, 2.45) is 5.92 Å². The van der Waals surface area contributed by atoms with E-state index in [1.54, 1.807) is 19.9 Å². The highest BCUT2D eigenvalue weighted by Crippen LogP contribution is 2.15. The zero-order valence-electron chi connectivity index (χ0n) is 5.47. The highest BCUT2D eigenvalue weighted by atomic mass is 16.2. The minimum absolute atomic E-state index is 0.183. The van der Waals surface area contributed by atoms with Crippen LogP contribution in [0.5, 0.6) is 0 Å². The largest absolute Gasteiger partial charge is 0.290 e. The predicted molar refractivity (Wildman–Crippen MR) is 32.9 cm³/mol. The second kappa shape index (κ2) is 1.79. The number of hydrogen-bond acceptors (Lipinski definition) is 2. The molecule has 0 bridgehead atoms. The standard InChI is InChI=1S/C7H8O2/c1-4-3-5(2)7(9)6(4)8/h3-4H,1-2H3. The van der Waals surface area contributed by atoms with Crippen LogP contribution in [0.1, 0.15) is 13.8 Å². The van der Waals surface area contributed by atoms with Crippen LogP contribution in [0, 0.1) is 5.92 Å². The predicted octanol–water partition coefficient (Wildman–Crippen LogP) is 0.721. The number of allylic oxidation sites excluding steroid dienone is 2. The third-order valence-corrected chi connectivity index (χ3v) is 1.50. The van der Waals surface area contributed by atoms with E-state index in [-0.39, 0.29) is 17.5 Å². The summed E-state index contributed by atoms with van der Waals surface area (Å²) in [4.78, 5) is 21.4. The Morgan fingerprint density at radius 2 is 2.00 bits per heavy atom. The van der Waals surface area contributed by atoms with Gasteiger partial charge in [0.25, 0.3) is 0 Å². The average Bonchev–Trinajstić information content (AvgIpc) is 1.98. The Hall–Kier alpha value is -0.920. The van der Waals surface area contributed by atoms with Gasteiger partial charge in [0.05, 0.1) is 0 Å². The van der Waals surface area contributed by atoms with Crippen LogP contribution in [0.25, 0.3) is 0 Å². The minimum Gasteiger partial charge on any atom is -0.290 e. The zero-order valence-corrected chi connectivity index (χ0v) is 5.47. The summed E-state index contributed by atoms with van der Waals surface area (Å²) in [5.74, 6) is -0.771. The Morgan fingerprint density at radius 1 is 1.44 bits per heavy atom. The Kier molecular flexibility index (Phi) is 1.24. The lowest BCUT2D eigenvalue weighted by Crippen LogP contribution is -2.12. The molecule has 1 atom stereocenters. The van der Waals surface area contributed by atoms with Crippen LogP contribution in [0.3, 0.4) is 0 Å². The molecular weight excluding hydrogens is 116 g/mol. The van der Waals surface area contributed by atoms with Crippen LogP contribution in [0.15, 0.2) is 11.6 Å². The maximum absolute atomic E-state index is 10.7. The summed E-state index contributed by atoms with van der Waals surface area (Å²) in [5.41, 5.74) is 0.590. The van der Waals surface area contributed by atoms with Gasteiger partial charge in [-0.05, 0) is 12.5 Å². The second-order valence-corrected chi connectivity index (χ2v) is 2.33. The molecule has 9 heavy (non-hydrogen) atoms. The van der Waals surface area contributed by atoms with E-state index in [4.69, 9.17) is 0 Å². The van der Waals surface area contributed by atoms with Crippen LogP contribution >= 0.6 is 0 Å². The lowest BCUT2D eigenvalue weighted by molar-refractivity contribution is -0.134. The maximum atomic E-state index is 10.7. The van der Waals surface area contributed by atoms with Gasteiger partial charge in [-0.2, -0.15) is 0 Å². The monoisotopic (exact) mass is 124 g/mol. The van der Waals surface area contributed by atoms with Crippen molar-refractivity contribution in [3.63, 3.8) is 0 Å². The van der Waals surface area contributed by atoms with Crippen molar-refractivity contribution in [3.8, 4) is 0 Å². The molecule has 0 N–H and O–H groups in total. The first-order valence-corrected chi connectivity index (χ1v) is 2.90. The van der Waals surface area contributed by atoms with E-state index in [2.05, 4.69) is 0 Å². The third kappa shape index (κ3) is 0.803. The maximum Gasteiger partial charge on any atom is 0.224 e. The van der Waals surface area contributed by atoms with Crippen LogP contribution in [0.2, 0.25) is 0 Å². The summed E-state index contributed by atoms with van der Waals surface area (Å²) < 4.78 is 0. The highest BCUT2D eigenvalue weighted by Gasteiger charge is 2.27. The van der Waals surface area contributed by atoms with Gasteiger partial charge in [0, 0.05) is 5.92 Å². The van der Waals surface area contributed by atoms with Gasteiger partial charge in [-0.1, -0.05) is 13.0 Å². The molecule has 1 rings (SSSR count). The molecule has 0 saturated heterocycles. The van der Waals surface area contributed by atoms with Gasteiger partial charge < -0.3 is 0 Å². The topological polar surface area (TPSA) is 34.1 Å². The summed E-state index contributed by atoms with van der Waals surface area (Å²) in [6.45, 7) is 3.40. The molecular formula is C7H8O2. The molecule has 0 aromatic heterocycles. The molecule has 1 aliphatic carbocycles. The molecule has 0 fully saturated rings. The van der Waals surface area contributed by atoms with Crippen molar-refractivity contribution in [2.45, 2.75) is 13.8 Å². The van der Waals surface area contributed by atoms with E-state index < -0.39 is 0 Å². The average molecular weight is 124 g/mol. The normalized spacial score (nSPS) is 26.9. The van der Waals surface area contributed by atoms with Crippen molar-refractivity contribution in [1.82, 2.24) is 0 Å². The van der Waals surface area contributed by atoms with Gasteiger partial charge >= 0.3 is 0 Å². The Labute approximate surface area is 53.6 Å². The third-order valence-electron chi connectivity index (χ3n) is 1.50. The first-order chi connectivity index (χ1) is 4.13. The molecule has 0 heterocycles. The first kappa shape index (κ1) is 6.20. The molecule has 0 amide bonds. The Balaban J connectivity index is 2.95. The van der Waals surface area contributed by atoms with E-state index in [9.17, 15) is 9.59 Å². The molecule has 0 aromatic carbocycles. The Morgan fingerprint density at radius 3 is 2.11 bits per heavy atom. The number of Topliss-reactive ketones (excluding diaryl/α,β-unsaturated/α-hetero) is 2. The molecule has 0 spiro atoms. The fourth-order valence-corrected chi connectivity index (χ4v) is 0.927. The summed E-state index contributed by atoms with van der Waals surface area (Å²) in [6, 6.07) is 0. The fraction of sp³-hybridized carbons (Fsp3) is 0.429. The highest BCUT2D eigenvalue weighted by molar-refractivity contribution is 6.46. The fourth-order valence-electron chi connectivity index (χ4n) is 0.927. The van der Waals surface area contributed by atoms with Crippen LogP contribution < -0.4 is 0 Å². The van der Waals surface area contributed by atoms with Gasteiger partial charge in [0.2, 0.25) is 11.6 Å². The van der Waals surface area contributed by atoms with Gasteiger partial charge in [0.15, 0.2) is 0 Å². The molecule has 0 aromatic rings. The first-order valence-electron chi connectivity index (χ1n) is 2.90. The zero-order chi connectivity index (χ0) is 7.02. The summed E-state index contributed by atoms with van der Waals surface area (Å²) in [7, 11) is 0. The van der Waals surface area contributed by atoms with Crippen molar-refractivity contribution in [1.29, 1.82) is 0 Å². The molecule has 0 saturated carbocycles. The van der Waals surface area contributed by atoms with Gasteiger partial charge in [0.1, 0.15) is 0 Å². The number of carbonyl (C=O) groups excluding carboxylic acids is 2. The summed E-state index contributed by atoms with van der Waals surface area (Å²) >= 11 is 0. The lowest BCUT2D eigenvalue weighted by Gasteiger charge is -1.88. The van der Waals surface area contributed by atoms with Gasteiger partial charge in [-0.25, -0.2) is 0 Å². The van der Waals surface area contributed by atoms with Crippen LogP contribution in [-0.2, 0) is 9.59 Å². The summed E-state index contributed by atoms with van der Waals surface area (Å²) in [5, 5.41) is 0. The molecule has 1 unspecified atom stereocenters. The molecule has 48 valence electrons. The molecule has 0 aliphatic heterocycles. The van der Waals surface area contributed by atoms with E-state index in [0.29, 0.717) is 5.57 Å². The van der Waals surface area contributed by atoms with Crippen molar-refractivity contribution < 1.29 is 9.59 Å². The van der Waals surface area contributed by atoms with Crippen molar-refractivity contribution in [2.75, 3.05) is 0 Å². The molecule has 2 nitrogen and oxygen atoms in total.